The van der Waals surface area contributed by atoms with Gasteiger partial charge in [0, 0.05) is 25.2 Å². The van der Waals surface area contributed by atoms with Gasteiger partial charge in [-0.3, -0.25) is 14.9 Å². The number of thioether (sulfide) groups is 1. The summed E-state index contributed by atoms with van der Waals surface area (Å²) in [4.78, 5) is 32.5. The fraction of sp³-hybridized carbons (Fsp3) is 0.286. The van der Waals surface area contributed by atoms with E-state index in [4.69, 9.17) is 0 Å². The first-order valence-corrected chi connectivity index (χ1v) is 13.0. The average molecular weight is 503 g/mol. The molecule has 1 saturated heterocycles. The van der Waals surface area contributed by atoms with Gasteiger partial charge in [-0.1, -0.05) is 30.3 Å². The molecule has 36 heavy (non-hydrogen) atoms. The lowest BCUT2D eigenvalue weighted by atomic mass is 9.84. The maximum Gasteiger partial charge on any atom is 0.290 e. The van der Waals surface area contributed by atoms with Crippen molar-refractivity contribution < 1.29 is 14.0 Å². The molecule has 5 rings (SSSR count). The molecule has 2 heterocycles. The average Bonchev–Trinajstić information content (AvgIpc) is 3.20. The Labute approximate surface area is 213 Å². The zero-order chi connectivity index (χ0) is 24.9. The number of nitrogens with zero attached hydrogens (tertiary/aromatic N) is 2. The van der Waals surface area contributed by atoms with Crippen LogP contribution in [0.5, 0.6) is 0 Å². The Morgan fingerprint density at radius 2 is 1.83 bits per heavy atom. The highest BCUT2D eigenvalue weighted by atomic mass is 32.2. The number of hydrogen-bond donors (Lipinski definition) is 2. The Bertz CT molecular complexity index is 1290. The van der Waals surface area contributed by atoms with E-state index in [-0.39, 0.29) is 17.0 Å². The summed E-state index contributed by atoms with van der Waals surface area (Å²) in [5.41, 5.74) is 3.97. The second kappa shape index (κ2) is 11.1. The number of benzene rings is 2. The summed E-state index contributed by atoms with van der Waals surface area (Å²) < 4.78 is 13.2. The topological polar surface area (TPSA) is 84.0 Å². The van der Waals surface area contributed by atoms with Crippen LogP contribution < -0.4 is 10.6 Å². The zero-order valence-electron chi connectivity index (χ0n) is 19.7. The summed E-state index contributed by atoms with van der Waals surface area (Å²) in [6.45, 7) is 0.804. The first-order valence-electron chi connectivity index (χ1n) is 12.2. The van der Waals surface area contributed by atoms with Crippen molar-refractivity contribution in [3.63, 3.8) is 0 Å². The lowest BCUT2D eigenvalue weighted by Gasteiger charge is -2.29. The van der Waals surface area contributed by atoms with Gasteiger partial charge in [0.25, 0.3) is 11.1 Å². The van der Waals surface area contributed by atoms with Crippen molar-refractivity contribution in [3.05, 3.63) is 88.6 Å². The van der Waals surface area contributed by atoms with Gasteiger partial charge in [-0.2, -0.15) is 0 Å². The molecule has 184 valence electrons. The number of halogens is 1. The van der Waals surface area contributed by atoms with Gasteiger partial charge in [-0.15, -0.1) is 0 Å². The first-order chi connectivity index (χ1) is 17.5. The summed E-state index contributed by atoms with van der Waals surface area (Å²) in [6, 6.07) is 17.2. The second-order valence-corrected chi connectivity index (χ2v) is 10.3. The molecule has 6 nitrogen and oxygen atoms in total. The maximum atomic E-state index is 13.2. The molecule has 3 aromatic rings. The quantitative estimate of drug-likeness (QED) is 0.415. The van der Waals surface area contributed by atoms with Gasteiger partial charge in [-0.25, -0.2) is 14.4 Å². The molecule has 0 unspecified atom stereocenters. The largest absolute Gasteiger partial charge is 0.310 e. The highest BCUT2D eigenvalue weighted by Crippen LogP contribution is 2.28. The number of nitrogens with one attached hydrogen (secondary N) is 2. The van der Waals surface area contributed by atoms with Gasteiger partial charge < -0.3 is 5.32 Å². The second-order valence-electron chi connectivity index (χ2n) is 9.26. The van der Waals surface area contributed by atoms with Crippen LogP contribution in [-0.2, 0) is 17.8 Å². The molecule has 2 fully saturated rings. The number of rotatable bonds is 7. The Morgan fingerprint density at radius 1 is 1.03 bits per heavy atom. The SMILES string of the molecule is O=C1NC(=O)/C(=C/c2ccnc(CC3CCC(NCc4cccc(-c5ccc(F)cc5)c4)CC3)n2)S1. The van der Waals surface area contributed by atoms with Crippen molar-refractivity contribution in [2.75, 3.05) is 0 Å². The standard InChI is InChI=1S/C28H27FN4O2S/c29-22-8-6-20(7-9-22)21-3-1-2-19(14-21)17-31-23-10-4-18(5-11-23)15-26-30-13-12-24(32-26)16-25-27(34)33-28(35)36-25/h1-3,6-9,12-14,16,18,23,31H,4-5,10-11,15,17H2,(H,33,34,35)/b25-16-. The minimum Gasteiger partial charge on any atom is -0.310 e. The minimum atomic E-state index is -0.377. The third kappa shape index (κ3) is 6.25. The molecule has 2 aromatic carbocycles. The maximum absolute atomic E-state index is 13.2. The normalized spacial score (nSPS) is 21.1. The van der Waals surface area contributed by atoms with Crippen LogP contribution >= 0.6 is 11.8 Å². The van der Waals surface area contributed by atoms with Crippen molar-refractivity contribution in [3.8, 4) is 11.1 Å². The predicted molar refractivity (Wildman–Crippen MR) is 139 cm³/mol. The zero-order valence-corrected chi connectivity index (χ0v) is 20.6. The molecular formula is C28H27FN4O2S. The number of imide groups is 1. The molecule has 0 bridgehead atoms. The fourth-order valence-corrected chi connectivity index (χ4v) is 5.41. The molecular weight excluding hydrogens is 475 g/mol. The van der Waals surface area contributed by atoms with Gasteiger partial charge in [0.15, 0.2) is 0 Å². The van der Waals surface area contributed by atoms with Crippen molar-refractivity contribution >= 4 is 29.0 Å². The Morgan fingerprint density at radius 3 is 2.58 bits per heavy atom. The van der Waals surface area contributed by atoms with E-state index in [0.29, 0.717) is 22.6 Å². The van der Waals surface area contributed by atoms with E-state index in [9.17, 15) is 14.0 Å². The summed E-state index contributed by atoms with van der Waals surface area (Å²) in [7, 11) is 0. The van der Waals surface area contributed by atoms with Crippen LogP contribution in [0.3, 0.4) is 0 Å². The summed E-state index contributed by atoms with van der Waals surface area (Å²) in [5, 5.41) is 5.60. The van der Waals surface area contributed by atoms with Crippen LogP contribution in [0.25, 0.3) is 17.2 Å². The Kier molecular flexibility index (Phi) is 7.53. The van der Waals surface area contributed by atoms with E-state index in [0.717, 1.165) is 67.4 Å². The van der Waals surface area contributed by atoms with Gasteiger partial charge in [0.05, 0.1) is 10.6 Å². The third-order valence-electron chi connectivity index (χ3n) is 6.67. The molecule has 2 N–H and O–H groups in total. The van der Waals surface area contributed by atoms with Crippen molar-refractivity contribution in [2.24, 2.45) is 5.92 Å². The predicted octanol–water partition coefficient (Wildman–Crippen LogP) is 5.50. The van der Waals surface area contributed by atoms with Gasteiger partial charge in [-0.05, 0) is 90.4 Å². The number of amides is 2. The van der Waals surface area contributed by atoms with Crippen molar-refractivity contribution in [1.82, 2.24) is 20.6 Å². The summed E-state index contributed by atoms with van der Waals surface area (Å²) >= 11 is 0.894. The highest BCUT2D eigenvalue weighted by Gasteiger charge is 2.25. The van der Waals surface area contributed by atoms with E-state index in [1.54, 1.807) is 18.3 Å². The van der Waals surface area contributed by atoms with E-state index < -0.39 is 0 Å². The molecule has 2 amide bonds. The molecule has 0 atom stereocenters. The molecule has 1 aliphatic heterocycles. The lowest BCUT2D eigenvalue weighted by Crippen LogP contribution is -2.33. The van der Waals surface area contributed by atoms with E-state index in [1.807, 2.05) is 18.2 Å². The van der Waals surface area contributed by atoms with Gasteiger partial charge in [0.1, 0.15) is 11.6 Å². The van der Waals surface area contributed by atoms with Gasteiger partial charge in [0.2, 0.25) is 0 Å². The fourth-order valence-electron chi connectivity index (χ4n) is 4.74. The van der Waals surface area contributed by atoms with Crippen LogP contribution in [0.1, 0.15) is 42.8 Å². The molecule has 1 aromatic heterocycles. The molecule has 0 spiro atoms. The molecule has 1 saturated carbocycles. The highest BCUT2D eigenvalue weighted by molar-refractivity contribution is 8.18. The monoisotopic (exact) mass is 502 g/mol. The lowest BCUT2D eigenvalue weighted by molar-refractivity contribution is -0.115. The van der Waals surface area contributed by atoms with E-state index >= 15 is 0 Å². The molecule has 2 aliphatic rings. The Hall–Kier alpha value is -3.36. The Balaban J connectivity index is 1.11. The molecule has 8 heteroatoms. The van der Waals surface area contributed by atoms with Crippen LogP contribution in [0.15, 0.2) is 65.7 Å². The van der Waals surface area contributed by atoms with Crippen LogP contribution in [0.4, 0.5) is 9.18 Å². The van der Waals surface area contributed by atoms with E-state index in [2.05, 4.69) is 38.8 Å². The van der Waals surface area contributed by atoms with Crippen LogP contribution in [-0.4, -0.2) is 27.2 Å². The van der Waals surface area contributed by atoms with Crippen molar-refractivity contribution in [2.45, 2.75) is 44.7 Å². The summed E-state index contributed by atoms with van der Waals surface area (Å²) in [5.74, 6) is 0.698. The number of aromatic nitrogens is 2. The number of carbonyl (C=O) groups is 2. The van der Waals surface area contributed by atoms with Crippen LogP contribution in [0.2, 0.25) is 0 Å². The molecule has 1 aliphatic carbocycles. The number of hydrogen-bond acceptors (Lipinski definition) is 6. The summed E-state index contributed by atoms with van der Waals surface area (Å²) in [6.07, 6.45) is 8.57. The minimum absolute atomic E-state index is 0.223. The van der Waals surface area contributed by atoms with Crippen molar-refractivity contribution in [1.29, 1.82) is 0 Å². The van der Waals surface area contributed by atoms with Gasteiger partial charge >= 0.3 is 0 Å². The van der Waals surface area contributed by atoms with Crippen LogP contribution in [0, 0.1) is 11.7 Å². The third-order valence-corrected chi connectivity index (χ3v) is 7.48. The smallest absolute Gasteiger partial charge is 0.290 e. The van der Waals surface area contributed by atoms with E-state index in [1.165, 1.54) is 17.7 Å². The molecule has 0 radical (unpaired) electrons. The number of carbonyl (C=O) groups excluding carboxylic acids is 2. The first kappa shape index (κ1) is 24.3.